The SMILES string of the molecule is CC1c2cccn2CCN1S(=O)(=O)c1cccc(F)c1. The summed E-state index contributed by atoms with van der Waals surface area (Å²) < 4.78 is 42.0. The second-order valence-electron chi connectivity index (χ2n) is 4.88. The number of fused-ring (bicyclic) bond motifs is 1. The molecule has 0 amide bonds. The van der Waals surface area contributed by atoms with Gasteiger partial charge in [0.15, 0.2) is 0 Å². The van der Waals surface area contributed by atoms with E-state index in [0.717, 1.165) is 11.8 Å². The van der Waals surface area contributed by atoms with E-state index in [9.17, 15) is 12.8 Å². The van der Waals surface area contributed by atoms with Crippen molar-refractivity contribution in [3.8, 4) is 0 Å². The van der Waals surface area contributed by atoms with Crippen LogP contribution in [0.4, 0.5) is 4.39 Å². The van der Waals surface area contributed by atoms with Gasteiger partial charge < -0.3 is 4.57 Å². The first-order valence-electron chi connectivity index (χ1n) is 6.42. The van der Waals surface area contributed by atoms with Gasteiger partial charge in [-0.25, -0.2) is 12.8 Å². The van der Waals surface area contributed by atoms with E-state index in [1.807, 2.05) is 29.8 Å². The molecule has 0 fully saturated rings. The van der Waals surface area contributed by atoms with Gasteiger partial charge in [0.1, 0.15) is 5.82 Å². The van der Waals surface area contributed by atoms with Crippen LogP contribution in [0.3, 0.4) is 0 Å². The molecule has 4 nitrogen and oxygen atoms in total. The van der Waals surface area contributed by atoms with Crippen molar-refractivity contribution in [3.63, 3.8) is 0 Å². The smallest absolute Gasteiger partial charge is 0.243 e. The molecule has 0 spiro atoms. The van der Waals surface area contributed by atoms with Crippen LogP contribution < -0.4 is 0 Å². The summed E-state index contributed by atoms with van der Waals surface area (Å²) in [5.74, 6) is -0.542. The second-order valence-corrected chi connectivity index (χ2v) is 6.77. The fourth-order valence-corrected chi connectivity index (χ4v) is 4.28. The molecule has 106 valence electrons. The average Bonchev–Trinajstić information content (AvgIpc) is 2.88. The van der Waals surface area contributed by atoms with Crippen molar-refractivity contribution in [2.24, 2.45) is 0 Å². The summed E-state index contributed by atoms with van der Waals surface area (Å²) in [6.45, 7) is 2.85. The molecule has 1 aromatic carbocycles. The van der Waals surface area contributed by atoms with Crippen LogP contribution in [0.1, 0.15) is 18.7 Å². The van der Waals surface area contributed by atoms with E-state index in [4.69, 9.17) is 0 Å². The molecule has 2 heterocycles. The molecule has 0 N–H and O–H groups in total. The van der Waals surface area contributed by atoms with Gasteiger partial charge >= 0.3 is 0 Å². The van der Waals surface area contributed by atoms with Crippen molar-refractivity contribution in [2.45, 2.75) is 24.4 Å². The van der Waals surface area contributed by atoms with Gasteiger partial charge in [0.05, 0.1) is 10.9 Å². The minimum atomic E-state index is -3.67. The molecule has 0 radical (unpaired) electrons. The van der Waals surface area contributed by atoms with E-state index in [-0.39, 0.29) is 10.9 Å². The van der Waals surface area contributed by atoms with Crippen LogP contribution in [0.15, 0.2) is 47.5 Å². The molecule has 0 bridgehead atoms. The molecule has 6 heteroatoms. The number of halogens is 1. The minimum absolute atomic E-state index is 0.00403. The van der Waals surface area contributed by atoms with Crippen molar-refractivity contribution in [1.82, 2.24) is 8.87 Å². The van der Waals surface area contributed by atoms with Gasteiger partial charge in [-0.1, -0.05) is 6.07 Å². The van der Waals surface area contributed by atoms with Crippen molar-refractivity contribution >= 4 is 10.0 Å². The van der Waals surface area contributed by atoms with Gasteiger partial charge in [-0.05, 0) is 37.3 Å². The van der Waals surface area contributed by atoms with Crippen LogP contribution in [0, 0.1) is 5.82 Å². The molecule has 1 aliphatic heterocycles. The molecule has 1 atom stereocenters. The lowest BCUT2D eigenvalue weighted by molar-refractivity contribution is 0.282. The minimum Gasteiger partial charge on any atom is -0.349 e. The number of aromatic nitrogens is 1. The lowest BCUT2D eigenvalue weighted by Gasteiger charge is -2.33. The second kappa shape index (κ2) is 4.71. The highest BCUT2D eigenvalue weighted by atomic mass is 32.2. The zero-order chi connectivity index (χ0) is 14.3. The van der Waals surface area contributed by atoms with Gasteiger partial charge in [-0.15, -0.1) is 0 Å². The van der Waals surface area contributed by atoms with Gasteiger partial charge in [0, 0.05) is 25.0 Å². The molecule has 0 saturated heterocycles. The first kappa shape index (κ1) is 13.3. The fraction of sp³-hybridized carbons (Fsp3) is 0.286. The van der Waals surface area contributed by atoms with Gasteiger partial charge in [0.2, 0.25) is 10.0 Å². The highest BCUT2D eigenvalue weighted by molar-refractivity contribution is 7.89. The Morgan fingerprint density at radius 1 is 1.20 bits per heavy atom. The van der Waals surface area contributed by atoms with E-state index in [2.05, 4.69) is 0 Å². The van der Waals surface area contributed by atoms with Crippen molar-refractivity contribution in [3.05, 3.63) is 54.1 Å². The van der Waals surface area contributed by atoms with Crippen LogP contribution in [0.25, 0.3) is 0 Å². The number of rotatable bonds is 2. The lowest BCUT2D eigenvalue weighted by Crippen LogP contribution is -2.40. The molecule has 1 unspecified atom stereocenters. The summed E-state index contributed by atoms with van der Waals surface area (Å²) in [4.78, 5) is 0.00403. The Kier molecular flexibility index (Phi) is 3.14. The molecule has 0 saturated carbocycles. The summed E-state index contributed by atoms with van der Waals surface area (Å²) in [7, 11) is -3.67. The Morgan fingerprint density at radius 2 is 2.00 bits per heavy atom. The zero-order valence-electron chi connectivity index (χ0n) is 11.0. The number of nitrogens with zero attached hydrogens (tertiary/aromatic N) is 2. The highest BCUT2D eigenvalue weighted by Gasteiger charge is 2.33. The Labute approximate surface area is 117 Å². The number of hydrogen-bond donors (Lipinski definition) is 0. The third-order valence-corrected chi connectivity index (χ3v) is 5.65. The number of hydrogen-bond acceptors (Lipinski definition) is 2. The van der Waals surface area contributed by atoms with Crippen LogP contribution >= 0.6 is 0 Å². The molecule has 20 heavy (non-hydrogen) atoms. The van der Waals surface area contributed by atoms with Gasteiger partial charge in [-0.3, -0.25) is 0 Å². The van der Waals surface area contributed by atoms with E-state index in [1.165, 1.54) is 22.5 Å². The molecular formula is C14H15FN2O2S. The molecule has 3 rings (SSSR count). The van der Waals surface area contributed by atoms with Crippen molar-refractivity contribution < 1.29 is 12.8 Å². The Hall–Kier alpha value is -1.66. The quantitative estimate of drug-likeness (QED) is 0.853. The van der Waals surface area contributed by atoms with E-state index in [1.54, 1.807) is 0 Å². The molecule has 1 aliphatic rings. The van der Waals surface area contributed by atoms with Crippen molar-refractivity contribution in [1.29, 1.82) is 0 Å². The largest absolute Gasteiger partial charge is 0.349 e. The standard InChI is InChI=1S/C14H15FN2O2S/c1-11-14-6-3-7-16(14)8-9-17(11)20(18,19)13-5-2-4-12(15)10-13/h2-7,10-11H,8-9H2,1H3. The molecule has 2 aromatic rings. The first-order chi connectivity index (χ1) is 9.50. The maximum absolute atomic E-state index is 13.3. The number of sulfonamides is 1. The maximum Gasteiger partial charge on any atom is 0.243 e. The molecule has 1 aromatic heterocycles. The van der Waals surface area contributed by atoms with E-state index in [0.29, 0.717) is 13.1 Å². The highest BCUT2D eigenvalue weighted by Crippen LogP contribution is 2.30. The van der Waals surface area contributed by atoms with Crippen LogP contribution in [-0.2, 0) is 16.6 Å². The maximum atomic E-state index is 13.3. The third-order valence-electron chi connectivity index (χ3n) is 3.69. The predicted molar refractivity (Wildman–Crippen MR) is 73.1 cm³/mol. The van der Waals surface area contributed by atoms with Crippen LogP contribution in [-0.4, -0.2) is 23.8 Å². The topological polar surface area (TPSA) is 42.3 Å². The summed E-state index contributed by atoms with van der Waals surface area (Å²) in [6.07, 6.45) is 1.94. The normalized spacial score (nSPS) is 19.8. The molecule has 0 aliphatic carbocycles. The summed E-state index contributed by atoms with van der Waals surface area (Å²) in [6, 6.07) is 8.71. The van der Waals surface area contributed by atoms with E-state index >= 15 is 0 Å². The Balaban J connectivity index is 2.01. The number of benzene rings is 1. The van der Waals surface area contributed by atoms with Crippen molar-refractivity contribution in [2.75, 3.05) is 6.54 Å². The van der Waals surface area contributed by atoms with Gasteiger partial charge in [0.25, 0.3) is 0 Å². The summed E-state index contributed by atoms with van der Waals surface area (Å²) >= 11 is 0. The van der Waals surface area contributed by atoms with E-state index < -0.39 is 15.8 Å². The van der Waals surface area contributed by atoms with Crippen LogP contribution in [0.5, 0.6) is 0 Å². The fourth-order valence-electron chi connectivity index (χ4n) is 2.65. The Morgan fingerprint density at radius 3 is 2.75 bits per heavy atom. The Bertz CT molecular complexity index is 739. The molecular weight excluding hydrogens is 279 g/mol. The third kappa shape index (κ3) is 2.05. The van der Waals surface area contributed by atoms with Crippen LogP contribution in [0.2, 0.25) is 0 Å². The lowest BCUT2D eigenvalue weighted by atomic mass is 10.2. The summed E-state index contributed by atoms with van der Waals surface area (Å²) in [5.41, 5.74) is 0.955. The van der Waals surface area contributed by atoms with Gasteiger partial charge in [-0.2, -0.15) is 4.31 Å². The predicted octanol–water partition coefficient (Wildman–Crippen LogP) is 2.39. The zero-order valence-corrected chi connectivity index (χ0v) is 11.8. The average molecular weight is 294 g/mol. The monoisotopic (exact) mass is 294 g/mol. The first-order valence-corrected chi connectivity index (χ1v) is 7.86. The summed E-state index contributed by atoms with van der Waals surface area (Å²) in [5, 5.41) is 0.